The molecule has 3 heterocycles. The maximum Gasteiger partial charge on any atom is 0.308 e. The van der Waals surface area contributed by atoms with Crippen LogP contribution < -0.4 is 11.1 Å². The third-order valence-corrected chi connectivity index (χ3v) is 11.4. The van der Waals surface area contributed by atoms with Crippen molar-refractivity contribution in [2.24, 2.45) is 17.6 Å². The summed E-state index contributed by atoms with van der Waals surface area (Å²) in [6.07, 6.45) is 10.9. The van der Waals surface area contributed by atoms with Gasteiger partial charge < -0.3 is 81.1 Å². The molecule has 66 heavy (non-hydrogen) atoms. The normalized spacial score (nSPS) is 42.5. The van der Waals surface area contributed by atoms with E-state index in [1.54, 1.807) is 67.7 Å². The molecule has 0 saturated carbocycles. The first-order valence-corrected chi connectivity index (χ1v) is 22.5. The quantitative estimate of drug-likeness (QED) is 0.128. The second-order valence-corrected chi connectivity index (χ2v) is 17.3. The van der Waals surface area contributed by atoms with E-state index in [9.17, 15) is 60.7 Å². The second kappa shape index (κ2) is 29.1. The molecule has 0 aromatic carbocycles. The number of fused-ring (bicyclic) bond motifs is 2. The minimum Gasteiger partial charge on any atom is -0.462 e. The summed E-state index contributed by atoms with van der Waals surface area (Å²) >= 11 is 0. The minimum atomic E-state index is -2.28. The number of hydrogen-bond donors (Lipinski definition) is 12. The Hall–Kier alpha value is -3.88. The lowest BCUT2D eigenvalue weighted by Gasteiger charge is -2.45. The lowest BCUT2D eigenvalue weighted by Crippen LogP contribution is -2.59. The van der Waals surface area contributed by atoms with Gasteiger partial charge in [0.25, 0.3) is 0 Å². The fraction of sp³-hybridized carbons (Fsp3) is 0.625. The molecule has 18 nitrogen and oxygen atoms in total. The van der Waals surface area contributed by atoms with E-state index in [1.807, 2.05) is 31.2 Å². The number of amides is 1. The number of hydrogen-bond acceptors (Lipinski definition) is 17. The number of aliphatic hydroxyl groups is 10. The number of carbonyl (C=O) groups is 2. The number of carbonyl (C=O) groups excluding carboxylic acids is 2. The van der Waals surface area contributed by atoms with E-state index in [2.05, 4.69) is 11.2 Å². The summed E-state index contributed by atoms with van der Waals surface area (Å²) < 4.78 is 23.1. The van der Waals surface area contributed by atoms with Crippen molar-refractivity contribution < 1.29 is 79.6 Å². The van der Waals surface area contributed by atoms with E-state index in [4.69, 9.17) is 31.1 Å². The molecular formula is C48H72N2O16. The van der Waals surface area contributed by atoms with Crippen molar-refractivity contribution in [1.82, 2.24) is 5.32 Å². The van der Waals surface area contributed by atoms with Crippen molar-refractivity contribution in [1.29, 1.82) is 0 Å². The van der Waals surface area contributed by atoms with E-state index >= 15 is 0 Å². The Labute approximate surface area is 387 Å². The van der Waals surface area contributed by atoms with Gasteiger partial charge in [-0.05, 0) is 26.2 Å². The van der Waals surface area contributed by atoms with Gasteiger partial charge in [0.05, 0.1) is 92.6 Å². The van der Waals surface area contributed by atoms with Crippen molar-refractivity contribution in [2.75, 3.05) is 13.2 Å². The zero-order chi connectivity index (χ0) is 48.8. The Morgan fingerprint density at radius 3 is 1.98 bits per heavy atom. The number of nitrogens with two attached hydrogens (primary N) is 1. The first kappa shape index (κ1) is 56.4. The molecule has 8 unspecified atom stereocenters. The highest BCUT2D eigenvalue weighted by Crippen LogP contribution is 2.38. The van der Waals surface area contributed by atoms with Crippen LogP contribution in [0.1, 0.15) is 71.6 Å². The van der Waals surface area contributed by atoms with Crippen molar-refractivity contribution in [2.45, 2.75) is 163 Å². The summed E-state index contributed by atoms with van der Waals surface area (Å²) in [7, 11) is 0. The van der Waals surface area contributed by atoms with Gasteiger partial charge in [-0.15, -0.1) is 6.42 Å². The predicted molar refractivity (Wildman–Crippen MR) is 242 cm³/mol. The molecule has 13 N–H and O–H groups in total. The molecule has 3 aliphatic heterocycles. The van der Waals surface area contributed by atoms with Crippen LogP contribution in [0.3, 0.4) is 0 Å². The van der Waals surface area contributed by atoms with Crippen LogP contribution in [-0.4, -0.2) is 167 Å². The molecule has 2 fully saturated rings. The van der Waals surface area contributed by atoms with Crippen molar-refractivity contribution in [3.8, 4) is 12.3 Å². The third-order valence-electron chi connectivity index (χ3n) is 11.4. The van der Waals surface area contributed by atoms with Gasteiger partial charge in [0, 0.05) is 38.0 Å². The van der Waals surface area contributed by atoms with Gasteiger partial charge in [-0.1, -0.05) is 97.9 Å². The first-order valence-electron chi connectivity index (χ1n) is 22.5. The van der Waals surface area contributed by atoms with Crippen LogP contribution in [0.15, 0.2) is 85.1 Å². The maximum absolute atomic E-state index is 13.4. The molecule has 0 radical (unpaired) electrons. The van der Waals surface area contributed by atoms with Crippen molar-refractivity contribution >= 4 is 11.9 Å². The Balaban J connectivity index is 1.88. The molecule has 0 aromatic heterocycles. The lowest BCUT2D eigenvalue weighted by molar-refractivity contribution is -0.304. The maximum atomic E-state index is 13.4. The zero-order valence-electron chi connectivity index (χ0n) is 37.7. The van der Waals surface area contributed by atoms with E-state index < -0.39 is 135 Å². The van der Waals surface area contributed by atoms with Gasteiger partial charge in [-0.2, -0.15) is 0 Å². The minimum absolute atomic E-state index is 0.0966. The number of allylic oxidation sites excluding steroid dienone is 12. The van der Waals surface area contributed by atoms with Crippen LogP contribution in [0.4, 0.5) is 0 Å². The van der Waals surface area contributed by atoms with E-state index in [0.29, 0.717) is 0 Å². The summed E-state index contributed by atoms with van der Waals surface area (Å²) in [5.74, 6) is -3.00. The highest BCUT2D eigenvalue weighted by molar-refractivity contribution is 5.80. The standard InChI is InChI=1S/C48H72N2O16/c1-4-21-50-46(61)43-39(57)28-48(62)27-34(53)24-38(56)36(54)20-19-32(51)23-33(52)25-42(59)64-31(3)22-37(55)30(2)17-15-13-11-9-7-5-6-8-10-12-14-16-18-35(26-41(43)66-48)65-47-45(60)44(49)40(58)29-63-47/h1,5-18,30-41,43-45,47,51-58,60,62H,19-29,49H2,2-3H3,(H,50,61)/b6-5+,9-7+,10-8+,13-11+,14-12+,17-15+,18-16+/t30-,31-,32?,33?,34?,35?,36?,37-,38?,39-,40+,41-,43?,44-,45-,47-,48?/m0/s1. The van der Waals surface area contributed by atoms with E-state index in [0.717, 1.165) is 0 Å². The number of nitrogens with one attached hydrogen (secondary N) is 1. The van der Waals surface area contributed by atoms with Crippen LogP contribution in [0.25, 0.3) is 0 Å². The second-order valence-electron chi connectivity index (χ2n) is 17.3. The predicted octanol–water partition coefficient (Wildman–Crippen LogP) is -0.258. The summed E-state index contributed by atoms with van der Waals surface area (Å²) in [4.78, 5) is 25.9. The van der Waals surface area contributed by atoms with Crippen LogP contribution in [-0.2, 0) is 28.5 Å². The number of esters is 1. The highest BCUT2D eigenvalue weighted by Gasteiger charge is 2.50. The average Bonchev–Trinajstić information content (AvgIpc) is 3.23. The molecule has 0 aromatic rings. The molecule has 3 aliphatic rings. The Morgan fingerprint density at radius 1 is 0.758 bits per heavy atom. The molecule has 3 rings (SSSR count). The van der Waals surface area contributed by atoms with Gasteiger partial charge in [0.2, 0.25) is 5.91 Å². The van der Waals surface area contributed by atoms with E-state index in [1.165, 1.54) is 0 Å². The third kappa shape index (κ3) is 20.1. The molecule has 0 aliphatic carbocycles. The highest BCUT2D eigenvalue weighted by atomic mass is 16.7. The largest absolute Gasteiger partial charge is 0.462 e. The molecule has 2 saturated heterocycles. The fourth-order valence-electron chi connectivity index (χ4n) is 7.77. The number of rotatable bonds is 4. The first-order chi connectivity index (χ1) is 31.3. The van der Waals surface area contributed by atoms with Gasteiger partial charge in [0.15, 0.2) is 12.1 Å². The number of ether oxygens (including phenoxy) is 4. The van der Waals surface area contributed by atoms with Crippen LogP contribution >= 0.6 is 0 Å². The van der Waals surface area contributed by atoms with Crippen LogP contribution in [0.5, 0.6) is 0 Å². The van der Waals surface area contributed by atoms with Gasteiger partial charge in [0.1, 0.15) is 12.2 Å². The smallest absolute Gasteiger partial charge is 0.308 e. The molecule has 0 spiro atoms. The molecule has 17 atom stereocenters. The molecular weight excluding hydrogens is 861 g/mol. The van der Waals surface area contributed by atoms with Gasteiger partial charge >= 0.3 is 5.97 Å². The van der Waals surface area contributed by atoms with E-state index in [-0.39, 0.29) is 51.2 Å². The van der Waals surface area contributed by atoms with Crippen LogP contribution in [0.2, 0.25) is 0 Å². The Bertz CT molecular complexity index is 1730. The average molecular weight is 933 g/mol. The molecule has 370 valence electrons. The van der Waals surface area contributed by atoms with Crippen molar-refractivity contribution in [3.05, 3.63) is 85.1 Å². The Morgan fingerprint density at radius 2 is 1.36 bits per heavy atom. The topological polar surface area (TPSA) is 311 Å². The fourth-order valence-corrected chi connectivity index (χ4v) is 7.77. The molecule has 18 heteroatoms. The molecule has 2 bridgehead atoms. The molecule has 1 amide bonds. The van der Waals surface area contributed by atoms with Gasteiger partial charge in [-0.25, -0.2) is 0 Å². The monoisotopic (exact) mass is 932 g/mol. The number of aliphatic hydroxyl groups excluding tert-OH is 9. The van der Waals surface area contributed by atoms with Gasteiger partial charge in [-0.3, -0.25) is 9.59 Å². The van der Waals surface area contributed by atoms with Crippen LogP contribution in [0, 0.1) is 24.2 Å². The summed E-state index contributed by atoms with van der Waals surface area (Å²) in [6.45, 7) is 3.01. The Kier molecular flexibility index (Phi) is 24.9. The zero-order valence-corrected chi connectivity index (χ0v) is 37.7. The lowest BCUT2D eigenvalue weighted by atomic mass is 9.82. The summed E-state index contributed by atoms with van der Waals surface area (Å²) in [5.41, 5.74) is 5.98. The summed E-state index contributed by atoms with van der Waals surface area (Å²) in [6, 6.07) is -1.11. The summed E-state index contributed by atoms with van der Waals surface area (Å²) in [5, 5.41) is 111. The number of terminal acetylenes is 1. The number of cyclic esters (lactones) is 1. The SMILES string of the molecule is C#CCNC(=O)C1[C@@H]2CC(O[C@@H]3OC[C@@H](O)[C@H](N)[C@@H]3O)/C=C/C=C/C=C/C=C/C=C/C=C/C=C/[C@H](C)[C@@H](O)C[C@H](C)OC(=O)CC(O)CC(O)CCC(O)C(O)CC(O)CC(O)(C[C@@H]1O)O2. The van der Waals surface area contributed by atoms with Crippen molar-refractivity contribution in [3.63, 3.8) is 0 Å².